The second-order valence-corrected chi connectivity index (χ2v) is 24.1. The van der Waals surface area contributed by atoms with Crippen LogP contribution in [0.25, 0.3) is 0 Å². The Morgan fingerprint density at radius 3 is 0.884 bits per heavy atom. The molecule has 2 rings (SSSR count). The zero-order valence-corrected chi connectivity index (χ0v) is 29.7. The molecule has 248 valence electrons. The van der Waals surface area contributed by atoms with Crippen molar-refractivity contribution in [3.63, 3.8) is 0 Å². The lowest BCUT2D eigenvalue weighted by atomic mass is 10.4. The predicted octanol–water partition coefficient (Wildman–Crippen LogP) is 6.73. The number of unbranched alkanes of at least 4 members (excludes halogenated alkanes) is 4. The van der Waals surface area contributed by atoms with E-state index < -0.39 is 53.1 Å². The van der Waals surface area contributed by atoms with Crippen molar-refractivity contribution >= 4 is 43.3 Å². The number of rotatable bonds is 16. The smallest absolute Gasteiger partial charge is 0.273 e. The second kappa shape index (κ2) is 19.9. The van der Waals surface area contributed by atoms with Crippen LogP contribution < -0.4 is 0 Å². The molecule has 0 aliphatic heterocycles. The van der Waals surface area contributed by atoms with E-state index in [1.807, 2.05) is 0 Å². The molecule has 2 aromatic rings. The molecule has 43 heavy (non-hydrogen) atoms. The van der Waals surface area contributed by atoms with Crippen LogP contribution in [0, 0.1) is 0 Å². The van der Waals surface area contributed by atoms with E-state index in [9.17, 15) is 33.7 Å². The maximum absolute atomic E-state index is 11.0. The van der Waals surface area contributed by atoms with Gasteiger partial charge >= 0.3 is 36.0 Å². The topological polar surface area (TPSA) is 177 Å². The molecule has 0 aromatic heterocycles. The van der Waals surface area contributed by atoms with Crippen molar-refractivity contribution in [1.29, 1.82) is 0 Å². The van der Waals surface area contributed by atoms with Crippen LogP contribution in [0.2, 0.25) is 0 Å². The van der Waals surface area contributed by atoms with Crippen LogP contribution >= 0.6 is 7.26 Å². The maximum atomic E-state index is 11.0. The summed E-state index contributed by atoms with van der Waals surface area (Å²) in [5, 5.41) is 0. The highest BCUT2D eigenvalue weighted by molar-refractivity contribution is 8.65. The minimum Gasteiger partial charge on any atom is -0.273 e. The fraction of sp³-hybridized carbons (Fsp3) is 0.571. The van der Waals surface area contributed by atoms with Crippen molar-refractivity contribution in [2.75, 3.05) is 24.6 Å². The first-order chi connectivity index (χ1) is 20.0. The van der Waals surface area contributed by atoms with E-state index in [4.69, 9.17) is 9.11 Å². The summed E-state index contributed by atoms with van der Waals surface area (Å²) in [7, 11) is -20.0. The van der Waals surface area contributed by atoms with Gasteiger partial charge in [0, 0.05) is 7.26 Å². The van der Waals surface area contributed by atoms with E-state index in [-0.39, 0.29) is 0 Å². The fourth-order valence-electron chi connectivity index (χ4n) is 4.06. The molecule has 0 radical (unpaired) electrons. The number of hydrogen-bond donors (Lipinski definition) is 2. The Kier molecular flexibility index (Phi) is 19.2. The molecule has 0 saturated heterocycles. The van der Waals surface area contributed by atoms with Gasteiger partial charge in [-0.3, -0.25) is 9.11 Å². The summed E-state index contributed by atoms with van der Waals surface area (Å²) in [6.07, 6.45) is 17.9. The molecule has 0 bridgehead atoms. The molecular weight excluding hydrogens is 656 g/mol. The van der Waals surface area contributed by atoms with Gasteiger partial charge in [-0.1, -0.05) is 89.8 Å². The Morgan fingerprint density at radius 1 is 0.465 bits per heavy atom. The first kappa shape index (κ1) is 41.6. The third kappa shape index (κ3) is 14.5. The predicted molar refractivity (Wildman–Crippen MR) is 176 cm³/mol. The molecule has 0 aliphatic carbocycles. The van der Waals surface area contributed by atoms with E-state index in [0.29, 0.717) is 0 Å². The highest BCUT2D eigenvalue weighted by atomic mass is 33.2. The first-order valence-electron chi connectivity index (χ1n) is 14.4. The molecule has 0 heterocycles. The van der Waals surface area contributed by atoms with Crippen LogP contribution in [0.5, 0.6) is 0 Å². The first-order valence-corrected chi connectivity index (χ1v) is 23.8. The van der Waals surface area contributed by atoms with Crippen molar-refractivity contribution in [3.05, 3.63) is 60.7 Å². The largest absolute Gasteiger partial charge is 0.377 e. The summed E-state index contributed by atoms with van der Waals surface area (Å²) < 4.78 is 103. The summed E-state index contributed by atoms with van der Waals surface area (Å²) in [6, 6.07) is 12.8. The lowest BCUT2D eigenvalue weighted by Gasteiger charge is -2.28. The molecule has 0 amide bonds. The Bertz CT molecular complexity index is 1340. The molecule has 0 saturated carbocycles. The molecule has 0 aliphatic rings. The Balaban J connectivity index is 0.000000622. The maximum Gasteiger partial charge on any atom is 0.377 e. The van der Waals surface area contributed by atoms with Gasteiger partial charge in [0.05, 0.1) is 34.4 Å². The van der Waals surface area contributed by atoms with Gasteiger partial charge in [0.15, 0.2) is 0 Å². The van der Waals surface area contributed by atoms with Gasteiger partial charge in [0.2, 0.25) is 0 Å². The van der Waals surface area contributed by atoms with E-state index in [1.165, 1.54) is 87.8 Å². The van der Waals surface area contributed by atoms with Gasteiger partial charge in [-0.05, 0) is 49.9 Å². The summed E-state index contributed by atoms with van der Waals surface area (Å²) in [4.78, 5) is -0.894. The SMILES string of the molecule is CCCC[P+](CCCC)(CCCC)CCCC.O=S(=O)(O)S(=O)(=O)c1ccccc1.O=S(=O)(O)S(=O)(=O)c1ccccc1. The third-order valence-corrected chi connectivity index (χ3v) is 18.9. The molecule has 0 atom stereocenters. The Hall–Kier alpha value is -1.41. The van der Waals surface area contributed by atoms with E-state index in [2.05, 4.69) is 27.7 Å². The lowest BCUT2D eigenvalue weighted by Crippen LogP contribution is -2.13. The van der Waals surface area contributed by atoms with Crippen molar-refractivity contribution in [2.24, 2.45) is 0 Å². The average molecular weight is 704 g/mol. The van der Waals surface area contributed by atoms with E-state index in [1.54, 1.807) is 24.6 Å². The van der Waals surface area contributed by atoms with Crippen molar-refractivity contribution < 1.29 is 42.8 Å². The average Bonchev–Trinajstić information content (AvgIpc) is 2.97. The summed E-state index contributed by atoms with van der Waals surface area (Å²) in [6.45, 7) is 9.42. The monoisotopic (exact) mass is 703 g/mol. The van der Waals surface area contributed by atoms with Gasteiger partial charge < -0.3 is 0 Å². The van der Waals surface area contributed by atoms with Crippen LogP contribution in [-0.4, -0.2) is 67.4 Å². The standard InChI is InChI=1S/C16H36P.2C6H6O5S2/c1-5-9-13-17(14-10-6-2,15-11-7-3)16-12-8-4;2*7-12(8,13(9,10)11)6-4-2-1-3-5-6/h5-16H2,1-4H3;2*1-5H,(H,9,10,11)/q+1;;. The quantitative estimate of drug-likeness (QED) is 0.108. The summed E-state index contributed by atoms with van der Waals surface area (Å²) in [5.74, 6) is 0. The Morgan fingerprint density at radius 2 is 0.698 bits per heavy atom. The fourth-order valence-corrected chi connectivity index (χ4v) is 12.9. The Labute approximate surface area is 259 Å². The molecule has 0 fully saturated rings. The van der Waals surface area contributed by atoms with E-state index >= 15 is 0 Å². The lowest BCUT2D eigenvalue weighted by molar-refractivity contribution is 0.492. The highest BCUT2D eigenvalue weighted by Gasteiger charge is 2.34. The number of benzene rings is 2. The van der Waals surface area contributed by atoms with Crippen LogP contribution in [0.4, 0.5) is 0 Å². The van der Waals surface area contributed by atoms with Crippen molar-refractivity contribution in [2.45, 2.75) is 88.9 Å². The van der Waals surface area contributed by atoms with Gasteiger partial charge in [-0.15, -0.1) is 0 Å². The minimum atomic E-state index is -5.08. The van der Waals surface area contributed by atoms with Crippen molar-refractivity contribution in [3.8, 4) is 0 Å². The molecule has 0 unspecified atom stereocenters. The van der Waals surface area contributed by atoms with Crippen LogP contribution in [0.3, 0.4) is 0 Å². The number of hydrogen-bond acceptors (Lipinski definition) is 8. The zero-order valence-electron chi connectivity index (χ0n) is 25.5. The van der Waals surface area contributed by atoms with Gasteiger partial charge in [-0.25, -0.2) is 16.8 Å². The van der Waals surface area contributed by atoms with Crippen LogP contribution in [-0.2, 0) is 36.0 Å². The minimum absolute atomic E-state index is 0.447. The zero-order chi connectivity index (χ0) is 33.2. The highest BCUT2D eigenvalue weighted by Crippen LogP contribution is 2.61. The molecule has 15 heteroatoms. The molecule has 2 N–H and O–H groups in total. The molecule has 0 spiro atoms. The summed E-state index contributed by atoms with van der Waals surface area (Å²) in [5.41, 5.74) is 0. The summed E-state index contributed by atoms with van der Waals surface area (Å²) >= 11 is 0. The van der Waals surface area contributed by atoms with Crippen LogP contribution in [0.15, 0.2) is 70.5 Å². The normalized spacial score (nSPS) is 12.4. The third-order valence-electron chi connectivity index (χ3n) is 6.56. The van der Waals surface area contributed by atoms with Crippen LogP contribution in [0.1, 0.15) is 79.1 Å². The van der Waals surface area contributed by atoms with Gasteiger partial charge in [0.1, 0.15) is 0 Å². The van der Waals surface area contributed by atoms with Gasteiger partial charge in [-0.2, -0.15) is 16.8 Å². The van der Waals surface area contributed by atoms with Gasteiger partial charge in [0.25, 0.3) is 0 Å². The molecule has 2 aromatic carbocycles. The second-order valence-electron chi connectivity index (χ2n) is 10.0. The molecular formula is C28H48O10PS4+. The van der Waals surface area contributed by atoms with E-state index in [0.717, 1.165) is 24.3 Å². The molecule has 10 nitrogen and oxygen atoms in total. The van der Waals surface area contributed by atoms with Crippen molar-refractivity contribution in [1.82, 2.24) is 0 Å².